The molecular weight excluding hydrogens is 234 g/mol. The van der Waals surface area contributed by atoms with Crippen molar-refractivity contribution in [2.24, 2.45) is 7.05 Å². The van der Waals surface area contributed by atoms with Crippen LogP contribution in [-0.4, -0.2) is 16.3 Å². The number of benzene rings is 1. The number of aryl methyl sites for hydroxylation is 3. The summed E-state index contributed by atoms with van der Waals surface area (Å²) in [6.07, 6.45) is 0.973. The zero-order chi connectivity index (χ0) is 13.8. The zero-order valence-corrected chi connectivity index (χ0v) is 12.3. The maximum Gasteiger partial charge on any atom is 0.0748 e. The fourth-order valence-electron chi connectivity index (χ4n) is 2.34. The zero-order valence-electron chi connectivity index (χ0n) is 12.3. The predicted octanol–water partition coefficient (Wildman–Crippen LogP) is 2.99. The summed E-state index contributed by atoms with van der Waals surface area (Å²) in [5.74, 6) is 0. The van der Waals surface area contributed by atoms with Gasteiger partial charge in [0.15, 0.2) is 0 Å². The van der Waals surface area contributed by atoms with Crippen LogP contribution in [0, 0.1) is 6.92 Å². The van der Waals surface area contributed by atoms with Gasteiger partial charge in [0.2, 0.25) is 0 Å². The number of hydrogen-bond donors (Lipinski definition) is 1. The van der Waals surface area contributed by atoms with Crippen molar-refractivity contribution in [3.05, 3.63) is 52.8 Å². The smallest absolute Gasteiger partial charge is 0.0748 e. The van der Waals surface area contributed by atoms with Crippen molar-refractivity contribution in [2.75, 3.05) is 6.54 Å². The Morgan fingerprint density at radius 3 is 2.42 bits per heavy atom. The van der Waals surface area contributed by atoms with E-state index in [1.165, 1.54) is 16.8 Å². The van der Waals surface area contributed by atoms with Crippen molar-refractivity contribution in [2.45, 2.75) is 33.2 Å². The summed E-state index contributed by atoms with van der Waals surface area (Å²) in [4.78, 5) is 0. The summed E-state index contributed by atoms with van der Waals surface area (Å²) in [6.45, 7) is 7.33. The van der Waals surface area contributed by atoms with E-state index in [1.807, 2.05) is 11.7 Å². The Hall–Kier alpha value is -1.61. The molecule has 0 amide bonds. The number of aromatic nitrogens is 2. The molecule has 1 atom stereocenters. The minimum absolute atomic E-state index is 0.211. The quantitative estimate of drug-likeness (QED) is 0.892. The number of nitrogens with zero attached hydrogens (tertiary/aromatic N) is 2. The molecule has 0 fully saturated rings. The Morgan fingerprint density at radius 1 is 1.21 bits per heavy atom. The average Bonchev–Trinajstić information content (AvgIpc) is 2.78. The van der Waals surface area contributed by atoms with E-state index in [2.05, 4.69) is 61.5 Å². The Labute approximate surface area is 115 Å². The molecule has 1 N–H and O–H groups in total. The third-order valence-corrected chi connectivity index (χ3v) is 3.44. The lowest BCUT2D eigenvalue weighted by Gasteiger charge is -2.18. The molecule has 1 unspecified atom stereocenters. The van der Waals surface area contributed by atoms with E-state index in [1.54, 1.807) is 0 Å². The van der Waals surface area contributed by atoms with Gasteiger partial charge in [0.1, 0.15) is 0 Å². The molecule has 102 valence electrons. The predicted molar refractivity (Wildman–Crippen MR) is 79.3 cm³/mol. The van der Waals surface area contributed by atoms with E-state index in [4.69, 9.17) is 0 Å². The molecule has 0 radical (unpaired) electrons. The Kier molecular flexibility index (Phi) is 4.38. The van der Waals surface area contributed by atoms with Gasteiger partial charge in [-0.15, -0.1) is 0 Å². The molecule has 1 aromatic heterocycles. The summed E-state index contributed by atoms with van der Waals surface area (Å²) in [5.41, 5.74) is 4.95. The largest absolute Gasteiger partial charge is 0.305 e. The van der Waals surface area contributed by atoms with Crippen LogP contribution >= 0.6 is 0 Å². The highest BCUT2D eigenvalue weighted by atomic mass is 15.3. The highest BCUT2D eigenvalue weighted by Crippen LogP contribution is 2.23. The van der Waals surface area contributed by atoms with E-state index < -0.39 is 0 Å². The lowest BCUT2D eigenvalue weighted by molar-refractivity contribution is 0.571. The van der Waals surface area contributed by atoms with Crippen molar-refractivity contribution in [3.63, 3.8) is 0 Å². The molecule has 1 aromatic carbocycles. The monoisotopic (exact) mass is 257 g/mol. The van der Waals surface area contributed by atoms with E-state index in [-0.39, 0.29) is 6.04 Å². The van der Waals surface area contributed by atoms with Gasteiger partial charge in [0.05, 0.1) is 17.4 Å². The SMILES string of the molecule is CCNC(c1ccc(C)cc1)c1cc(CC)nn1C. The Balaban J connectivity index is 2.38. The molecule has 19 heavy (non-hydrogen) atoms. The third kappa shape index (κ3) is 3.04. The van der Waals surface area contributed by atoms with E-state index in [0.29, 0.717) is 0 Å². The molecule has 0 aliphatic carbocycles. The maximum atomic E-state index is 4.55. The molecule has 3 nitrogen and oxygen atoms in total. The van der Waals surface area contributed by atoms with Crippen LogP contribution in [0.2, 0.25) is 0 Å². The standard InChI is InChI=1S/C16H23N3/c1-5-14-11-15(19(4)18-14)16(17-6-2)13-9-7-12(3)8-10-13/h7-11,16-17H,5-6H2,1-4H3. The first-order chi connectivity index (χ1) is 9.15. The lowest BCUT2D eigenvalue weighted by atomic mass is 10.0. The highest BCUT2D eigenvalue weighted by molar-refractivity contribution is 5.31. The molecule has 1 heterocycles. The first kappa shape index (κ1) is 13.8. The van der Waals surface area contributed by atoms with Gasteiger partial charge in [-0.3, -0.25) is 4.68 Å². The summed E-state index contributed by atoms with van der Waals surface area (Å²) in [6, 6.07) is 11.1. The first-order valence-electron chi connectivity index (χ1n) is 6.98. The van der Waals surface area contributed by atoms with Crippen LogP contribution < -0.4 is 5.32 Å². The van der Waals surface area contributed by atoms with Crippen LogP contribution in [0.4, 0.5) is 0 Å². The van der Waals surface area contributed by atoms with Crippen LogP contribution in [0.25, 0.3) is 0 Å². The molecule has 0 bridgehead atoms. The van der Waals surface area contributed by atoms with Crippen molar-refractivity contribution < 1.29 is 0 Å². The normalized spacial score (nSPS) is 12.6. The maximum absolute atomic E-state index is 4.55. The minimum Gasteiger partial charge on any atom is -0.305 e. The molecular formula is C16H23N3. The second-order valence-corrected chi connectivity index (χ2v) is 4.94. The van der Waals surface area contributed by atoms with Gasteiger partial charge in [0.25, 0.3) is 0 Å². The van der Waals surface area contributed by atoms with Crippen molar-refractivity contribution in [1.29, 1.82) is 0 Å². The van der Waals surface area contributed by atoms with E-state index >= 15 is 0 Å². The lowest BCUT2D eigenvalue weighted by Crippen LogP contribution is -2.24. The average molecular weight is 257 g/mol. The molecule has 2 rings (SSSR count). The van der Waals surface area contributed by atoms with Crippen LogP contribution in [0.5, 0.6) is 0 Å². The summed E-state index contributed by atoms with van der Waals surface area (Å²) in [5, 5.41) is 8.10. The fraction of sp³-hybridized carbons (Fsp3) is 0.438. The second kappa shape index (κ2) is 6.02. The van der Waals surface area contributed by atoms with E-state index in [9.17, 15) is 0 Å². The van der Waals surface area contributed by atoms with Crippen LogP contribution in [0.1, 0.15) is 42.4 Å². The number of hydrogen-bond acceptors (Lipinski definition) is 2. The van der Waals surface area contributed by atoms with Crippen molar-refractivity contribution in [1.82, 2.24) is 15.1 Å². The summed E-state index contributed by atoms with van der Waals surface area (Å²) < 4.78 is 1.99. The molecule has 0 aliphatic heterocycles. The Morgan fingerprint density at radius 2 is 1.89 bits per heavy atom. The Bertz CT molecular complexity index is 525. The number of nitrogens with one attached hydrogen (secondary N) is 1. The van der Waals surface area contributed by atoms with Gasteiger partial charge >= 0.3 is 0 Å². The van der Waals surface area contributed by atoms with Crippen molar-refractivity contribution >= 4 is 0 Å². The van der Waals surface area contributed by atoms with Gasteiger partial charge in [-0.05, 0) is 31.5 Å². The summed E-state index contributed by atoms with van der Waals surface area (Å²) >= 11 is 0. The fourth-order valence-corrected chi connectivity index (χ4v) is 2.34. The number of rotatable bonds is 5. The topological polar surface area (TPSA) is 29.9 Å². The van der Waals surface area contributed by atoms with Gasteiger partial charge in [-0.2, -0.15) is 5.10 Å². The molecule has 3 heteroatoms. The highest BCUT2D eigenvalue weighted by Gasteiger charge is 2.17. The van der Waals surface area contributed by atoms with Gasteiger partial charge in [-0.1, -0.05) is 43.7 Å². The van der Waals surface area contributed by atoms with E-state index in [0.717, 1.165) is 18.7 Å². The first-order valence-corrected chi connectivity index (χ1v) is 6.98. The molecule has 0 saturated heterocycles. The molecule has 0 saturated carbocycles. The van der Waals surface area contributed by atoms with Crippen molar-refractivity contribution in [3.8, 4) is 0 Å². The van der Waals surface area contributed by atoms with Crippen LogP contribution in [0.3, 0.4) is 0 Å². The second-order valence-electron chi connectivity index (χ2n) is 4.94. The molecule has 0 spiro atoms. The van der Waals surface area contributed by atoms with Gasteiger partial charge in [-0.25, -0.2) is 0 Å². The van der Waals surface area contributed by atoms with Crippen LogP contribution in [-0.2, 0) is 13.5 Å². The molecule has 0 aliphatic rings. The van der Waals surface area contributed by atoms with Gasteiger partial charge in [0, 0.05) is 7.05 Å². The minimum atomic E-state index is 0.211. The van der Waals surface area contributed by atoms with Crippen LogP contribution in [0.15, 0.2) is 30.3 Å². The molecule has 2 aromatic rings. The summed E-state index contributed by atoms with van der Waals surface area (Å²) in [7, 11) is 2.02. The third-order valence-electron chi connectivity index (χ3n) is 3.44. The van der Waals surface area contributed by atoms with Gasteiger partial charge < -0.3 is 5.32 Å².